The minimum Gasteiger partial charge on any atom is -0.327 e. The maximum Gasteiger partial charge on any atom is 0.124 e. The third-order valence-electron chi connectivity index (χ3n) is 4.81. The van der Waals surface area contributed by atoms with Crippen molar-refractivity contribution in [1.82, 2.24) is 9.55 Å². The average Bonchev–Trinajstić information content (AvgIpc) is 2.84. The highest BCUT2D eigenvalue weighted by Crippen LogP contribution is 2.31. The van der Waals surface area contributed by atoms with E-state index in [2.05, 4.69) is 44.5 Å². The smallest absolute Gasteiger partial charge is 0.124 e. The van der Waals surface area contributed by atoms with Gasteiger partial charge in [-0.25, -0.2) is 4.98 Å². The molecule has 1 aliphatic carbocycles. The van der Waals surface area contributed by atoms with Gasteiger partial charge in [-0.15, -0.1) is 11.6 Å². The van der Waals surface area contributed by atoms with Crippen molar-refractivity contribution in [2.75, 3.05) is 0 Å². The summed E-state index contributed by atoms with van der Waals surface area (Å²) in [6.45, 7) is 3.41. The molecule has 2 aromatic rings. The van der Waals surface area contributed by atoms with E-state index in [0.717, 1.165) is 34.2 Å². The van der Waals surface area contributed by atoms with Crippen molar-refractivity contribution >= 4 is 38.6 Å². The van der Waals surface area contributed by atoms with Crippen molar-refractivity contribution in [2.45, 2.75) is 51.5 Å². The molecule has 21 heavy (non-hydrogen) atoms. The molecule has 1 aromatic carbocycles. The number of halogens is 2. The first kappa shape index (κ1) is 15.4. The van der Waals surface area contributed by atoms with Gasteiger partial charge in [0.15, 0.2) is 0 Å². The summed E-state index contributed by atoms with van der Waals surface area (Å²) in [7, 11) is 0. The van der Waals surface area contributed by atoms with Crippen LogP contribution in [0.15, 0.2) is 22.7 Å². The number of benzene rings is 1. The Bertz CT molecular complexity index is 615. The molecule has 0 N–H and O–H groups in total. The van der Waals surface area contributed by atoms with E-state index in [-0.39, 0.29) is 0 Å². The topological polar surface area (TPSA) is 17.8 Å². The Morgan fingerprint density at radius 2 is 2.05 bits per heavy atom. The van der Waals surface area contributed by atoms with E-state index in [9.17, 15) is 0 Å². The van der Waals surface area contributed by atoms with Crippen LogP contribution in [0.3, 0.4) is 0 Å². The van der Waals surface area contributed by atoms with Crippen LogP contribution >= 0.6 is 27.5 Å². The van der Waals surface area contributed by atoms with E-state index in [1.165, 1.54) is 37.6 Å². The number of aromatic nitrogens is 2. The molecule has 1 heterocycles. The Morgan fingerprint density at radius 1 is 1.29 bits per heavy atom. The monoisotopic (exact) mass is 368 g/mol. The minimum atomic E-state index is 0.480. The molecule has 0 aliphatic heterocycles. The molecule has 1 saturated carbocycles. The molecule has 2 nitrogen and oxygen atoms in total. The van der Waals surface area contributed by atoms with Crippen LogP contribution in [0.2, 0.25) is 0 Å². The van der Waals surface area contributed by atoms with E-state index >= 15 is 0 Å². The van der Waals surface area contributed by atoms with Gasteiger partial charge in [0.25, 0.3) is 0 Å². The average molecular weight is 370 g/mol. The fourth-order valence-electron chi connectivity index (χ4n) is 3.43. The summed E-state index contributed by atoms with van der Waals surface area (Å²) in [6.07, 6.45) is 6.79. The molecule has 0 saturated heterocycles. The third-order valence-corrected chi connectivity index (χ3v) is 5.54. The Morgan fingerprint density at radius 3 is 2.76 bits per heavy atom. The van der Waals surface area contributed by atoms with Gasteiger partial charge in [-0.05, 0) is 36.5 Å². The Labute approximate surface area is 140 Å². The first-order valence-corrected chi connectivity index (χ1v) is 9.20. The molecule has 3 rings (SSSR count). The highest BCUT2D eigenvalue weighted by atomic mass is 79.9. The molecule has 1 aromatic heterocycles. The molecule has 0 spiro atoms. The molecule has 114 valence electrons. The molecule has 0 bridgehead atoms. The first-order chi connectivity index (χ1) is 10.2. The number of alkyl halides is 1. The van der Waals surface area contributed by atoms with Crippen LogP contribution in [0.5, 0.6) is 0 Å². The standard InChI is InChI=1S/C17H22BrClN2/c1-12-2-4-13(5-3-12)8-9-21-16-10-14(18)6-7-15(16)20-17(21)11-19/h6-7,10,12-13H,2-5,8-9,11H2,1H3. The van der Waals surface area contributed by atoms with E-state index in [0.29, 0.717) is 5.88 Å². The van der Waals surface area contributed by atoms with Crippen LogP contribution < -0.4 is 0 Å². The molecule has 0 amide bonds. The van der Waals surface area contributed by atoms with Gasteiger partial charge in [0.1, 0.15) is 5.82 Å². The second-order valence-electron chi connectivity index (χ2n) is 6.36. The second kappa shape index (κ2) is 6.70. The Hall–Kier alpha value is -0.540. The summed E-state index contributed by atoms with van der Waals surface area (Å²) in [4.78, 5) is 4.66. The lowest BCUT2D eigenvalue weighted by molar-refractivity contribution is 0.269. The van der Waals surface area contributed by atoms with Crippen molar-refractivity contribution < 1.29 is 0 Å². The summed E-state index contributed by atoms with van der Waals surface area (Å²) in [5.74, 6) is 3.26. The molecular weight excluding hydrogens is 348 g/mol. The van der Waals surface area contributed by atoms with E-state index in [1.807, 2.05) is 6.07 Å². The van der Waals surface area contributed by atoms with Gasteiger partial charge in [0.2, 0.25) is 0 Å². The lowest BCUT2D eigenvalue weighted by atomic mass is 9.81. The maximum atomic E-state index is 6.09. The summed E-state index contributed by atoms with van der Waals surface area (Å²) < 4.78 is 3.41. The molecule has 1 aliphatic rings. The molecule has 4 heteroatoms. The fraction of sp³-hybridized carbons (Fsp3) is 0.588. The molecule has 0 radical (unpaired) electrons. The number of hydrogen-bond donors (Lipinski definition) is 0. The third kappa shape index (κ3) is 3.45. The lowest BCUT2D eigenvalue weighted by Crippen LogP contribution is -2.15. The van der Waals surface area contributed by atoms with Crippen LogP contribution in [-0.2, 0) is 12.4 Å². The van der Waals surface area contributed by atoms with Crippen LogP contribution in [0, 0.1) is 11.8 Å². The largest absolute Gasteiger partial charge is 0.327 e. The summed E-state index contributed by atoms with van der Waals surface area (Å²) in [5, 5.41) is 0. The first-order valence-electron chi connectivity index (χ1n) is 7.88. The van der Waals surface area contributed by atoms with E-state index < -0.39 is 0 Å². The number of fused-ring (bicyclic) bond motifs is 1. The van der Waals surface area contributed by atoms with Crippen molar-refractivity contribution in [1.29, 1.82) is 0 Å². The van der Waals surface area contributed by atoms with Crippen molar-refractivity contribution in [3.8, 4) is 0 Å². The van der Waals surface area contributed by atoms with Crippen LogP contribution in [0.25, 0.3) is 11.0 Å². The van der Waals surface area contributed by atoms with Crippen molar-refractivity contribution in [3.05, 3.63) is 28.5 Å². The van der Waals surface area contributed by atoms with Gasteiger partial charge >= 0.3 is 0 Å². The predicted octanol–water partition coefficient (Wildman–Crippen LogP) is 5.75. The fourth-order valence-corrected chi connectivity index (χ4v) is 3.98. The highest BCUT2D eigenvalue weighted by Gasteiger charge is 2.19. The Kier molecular flexibility index (Phi) is 4.90. The predicted molar refractivity (Wildman–Crippen MR) is 92.7 cm³/mol. The summed E-state index contributed by atoms with van der Waals surface area (Å²) in [5.41, 5.74) is 2.25. The normalized spacial score (nSPS) is 22.8. The quantitative estimate of drug-likeness (QED) is 0.627. The molecule has 1 fully saturated rings. The number of nitrogens with zero attached hydrogens (tertiary/aromatic N) is 2. The van der Waals surface area contributed by atoms with Gasteiger partial charge in [-0.3, -0.25) is 0 Å². The van der Waals surface area contributed by atoms with Gasteiger partial charge < -0.3 is 4.57 Å². The maximum absolute atomic E-state index is 6.09. The molecule has 0 atom stereocenters. The zero-order chi connectivity index (χ0) is 14.8. The van der Waals surface area contributed by atoms with E-state index in [1.54, 1.807) is 0 Å². The van der Waals surface area contributed by atoms with Crippen LogP contribution in [0.4, 0.5) is 0 Å². The SMILES string of the molecule is CC1CCC(CCn2c(CCl)nc3ccc(Br)cc32)CC1. The number of imidazole rings is 1. The van der Waals surface area contributed by atoms with Gasteiger partial charge in [-0.1, -0.05) is 48.5 Å². The Balaban J connectivity index is 1.77. The number of hydrogen-bond acceptors (Lipinski definition) is 1. The zero-order valence-corrected chi connectivity index (χ0v) is 14.8. The van der Waals surface area contributed by atoms with Crippen molar-refractivity contribution in [3.63, 3.8) is 0 Å². The number of rotatable bonds is 4. The molecule has 0 unspecified atom stereocenters. The van der Waals surface area contributed by atoms with Crippen LogP contribution in [-0.4, -0.2) is 9.55 Å². The van der Waals surface area contributed by atoms with Gasteiger partial charge in [0.05, 0.1) is 16.9 Å². The lowest BCUT2D eigenvalue weighted by Gasteiger charge is -2.26. The summed E-state index contributed by atoms with van der Waals surface area (Å²) >= 11 is 9.65. The van der Waals surface area contributed by atoms with Gasteiger partial charge in [0, 0.05) is 11.0 Å². The van der Waals surface area contributed by atoms with E-state index in [4.69, 9.17) is 11.6 Å². The minimum absolute atomic E-state index is 0.480. The highest BCUT2D eigenvalue weighted by molar-refractivity contribution is 9.10. The van der Waals surface area contributed by atoms with Gasteiger partial charge in [-0.2, -0.15) is 0 Å². The second-order valence-corrected chi connectivity index (χ2v) is 7.54. The van der Waals surface area contributed by atoms with Crippen molar-refractivity contribution in [2.24, 2.45) is 11.8 Å². The summed E-state index contributed by atoms with van der Waals surface area (Å²) in [6, 6.07) is 6.26. The number of aryl methyl sites for hydroxylation is 1. The van der Waals surface area contributed by atoms with Crippen LogP contribution in [0.1, 0.15) is 44.9 Å². The molecular formula is C17H22BrClN2. The zero-order valence-electron chi connectivity index (χ0n) is 12.5.